The van der Waals surface area contributed by atoms with Gasteiger partial charge in [-0.25, -0.2) is 9.67 Å². The summed E-state index contributed by atoms with van der Waals surface area (Å²) in [6.07, 6.45) is 0. The summed E-state index contributed by atoms with van der Waals surface area (Å²) < 4.78 is 12.3. The normalized spacial score (nSPS) is 10.7. The summed E-state index contributed by atoms with van der Waals surface area (Å²) >= 11 is 6.22. The number of carbonyl (C=O) groups excluding carboxylic acids is 1. The van der Waals surface area contributed by atoms with Crippen molar-refractivity contribution in [1.82, 2.24) is 14.8 Å². The first-order valence-electron chi connectivity index (χ1n) is 10.2. The van der Waals surface area contributed by atoms with Crippen LogP contribution in [0.25, 0.3) is 17.1 Å². The maximum absolute atomic E-state index is 13.1. The van der Waals surface area contributed by atoms with E-state index in [9.17, 15) is 4.79 Å². The van der Waals surface area contributed by atoms with Crippen molar-refractivity contribution in [2.45, 2.75) is 13.8 Å². The maximum atomic E-state index is 13.1. The summed E-state index contributed by atoms with van der Waals surface area (Å²) in [6.45, 7) is 4.02. The van der Waals surface area contributed by atoms with Gasteiger partial charge in [-0.05, 0) is 49.7 Å². The zero-order chi connectivity index (χ0) is 23.5. The molecule has 0 radical (unpaired) electrons. The van der Waals surface area contributed by atoms with Crippen molar-refractivity contribution in [2.75, 3.05) is 19.5 Å². The zero-order valence-electron chi connectivity index (χ0n) is 18.7. The molecular formula is C25H23ClN4O3. The van der Waals surface area contributed by atoms with Crippen LogP contribution in [0.5, 0.6) is 11.5 Å². The lowest BCUT2D eigenvalue weighted by Crippen LogP contribution is -2.15. The molecule has 0 aliphatic rings. The number of hydrogen-bond acceptors (Lipinski definition) is 5. The van der Waals surface area contributed by atoms with Crippen LogP contribution in [0.1, 0.15) is 21.7 Å². The third-order valence-electron chi connectivity index (χ3n) is 5.13. The molecule has 0 bridgehead atoms. The number of benzene rings is 3. The van der Waals surface area contributed by atoms with Crippen molar-refractivity contribution < 1.29 is 14.3 Å². The van der Waals surface area contributed by atoms with E-state index in [1.807, 2.05) is 38.1 Å². The van der Waals surface area contributed by atoms with Gasteiger partial charge < -0.3 is 14.8 Å². The Morgan fingerprint density at radius 1 is 1.00 bits per heavy atom. The Bertz CT molecular complexity index is 1330. The van der Waals surface area contributed by atoms with E-state index in [0.29, 0.717) is 28.0 Å². The molecule has 4 aromatic rings. The molecule has 33 heavy (non-hydrogen) atoms. The van der Waals surface area contributed by atoms with Crippen LogP contribution in [-0.4, -0.2) is 34.9 Å². The van der Waals surface area contributed by atoms with Crippen LogP contribution in [0.3, 0.4) is 0 Å². The molecular weight excluding hydrogens is 440 g/mol. The summed E-state index contributed by atoms with van der Waals surface area (Å²) in [7, 11) is 3.08. The molecule has 1 heterocycles. The van der Waals surface area contributed by atoms with E-state index in [0.717, 1.165) is 22.4 Å². The van der Waals surface area contributed by atoms with Gasteiger partial charge in [0, 0.05) is 16.7 Å². The van der Waals surface area contributed by atoms with E-state index < -0.39 is 5.91 Å². The Morgan fingerprint density at radius 2 is 1.82 bits per heavy atom. The molecule has 0 saturated carbocycles. The molecule has 0 spiro atoms. The molecule has 7 nitrogen and oxygen atoms in total. The van der Waals surface area contributed by atoms with Gasteiger partial charge in [-0.15, -0.1) is 5.10 Å². The Morgan fingerprint density at radius 3 is 2.52 bits per heavy atom. The number of halogens is 1. The molecule has 168 valence electrons. The number of aromatic nitrogens is 3. The van der Waals surface area contributed by atoms with Gasteiger partial charge in [0.05, 0.1) is 25.6 Å². The fourth-order valence-electron chi connectivity index (χ4n) is 3.52. The van der Waals surface area contributed by atoms with Crippen LogP contribution < -0.4 is 14.8 Å². The zero-order valence-corrected chi connectivity index (χ0v) is 19.5. The second kappa shape index (κ2) is 9.34. The molecule has 0 aliphatic heterocycles. The summed E-state index contributed by atoms with van der Waals surface area (Å²) in [6, 6.07) is 18.4. The minimum absolute atomic E-state index is 0.00910. The summed E-state index contributed by atoms with van der Waals surface area (Å²) in [4.78, 5) is 17.7. The number of nitrogens with zero attached hydrogens (tertiary/aromatic N) is 3. The quantitative estimate of drug-likeness (QED) is 0.411. The lowest BCUT2D eigenvalue weighted by molar-refractivity contribution is 0.101. The second-order valence-electron chi connectivity index (χ2n) is 7.49. The number of ether oxygens (including phenoxy) is 2. The number of aryl methyl sites for hydroxylation is 2. The van der Waals surface area contributed by atoms with Gasteiger partial charge in [-0.2, -0.15) is 0 Å². The monoisotopic (exact) mass is 462 g/mol. The first kappa shape index (κ1) is 22.4. The van der Waals surface area contributed by atoms with Crippen LogP contribution in [0, 0.1) is 13.8 Å². The average Bonchev–Trinajstić information content (AvgIpc) is 3.24. The fourth-order valence-corrected chi connectivity index (χ4v) is 3.71. The van der Waals surface area contributed by atoms with Crippen LogP contribution in [0.4, 0.5) is 5.69 Å². The van der Waals surface area contributed by atoms with Gasteiger partial charge in [0.2, 0.25) is 5.82 Å². The molecule has 1 amide bonds. The van der Waals surface area contributed by atoms with E-state index in [4.69, 9.17) is 21.1 Å². The molecule has 0 saturated heterocycles. The first-order valence-corrected chi connectivity index (χ1v) is 10.6. The molecule has 0 fully saturated rings. The highest BCUT2D eigenvalue weighted by atomic mass is 35.5. The number of carbonyl (C=O) groups is 1. The van der Waals surface area contributed by atoms with Gasteiger partial charge in [0.15, 0.2) is 5.82 Å². The third-order valence-corrected chi connectivity index (χ3v) is 5.36. The highest BCUT2D eigenvalue weighted by Crippen LogP contribution is 2.30. The predicted molar refractivity (Wildman–Crippen MR) is 129 cm³/mol. The molecule has 0 atom stereocenters. The number of rotatable bonds is 6. The van der Waals surface area contributed by atoms with Gasteiger partial charge in [-0.1, -0.05) is 41.4 Å². The summed E-state index contributed by atoms with van der Waals surface area (Å²) in [5.74, 6) is 1.11. The van der Waals surface area contributed by atoms with Crippen LogP contribution in [0.2, 0.25) is 5.02 Å². The van der Waals surface area contributed by atoms with Crippen molar-refractivity contribution >= 4 is 23.2 Å². The maximum Gasteiger partial charge on any atom is 0.295 e. The van der Waals surface area contributed by atoms with E-state index in [2.05, 4.69) is 21.5 Å². The van der Waals surface area contributed by atoms with Crippen LogP contribution >= 0.6 is 11.6 Å². The Labute approximate surface area is 196 Å². The molecule has 1 N–H and O–H groups in total. The minimum Gasteiger partial charge on any atom is -0.497 e. The van der Waals surface area contributed by atoms with Crippen LogP contribution in [-0.2, 0) is 0 Å². The molecule has 0 unspecified atom stereocenters. The van der Waals surface area contributed by atoms with Crippen molar-refractivity contribution in [3.8, 4) is 28.6 Å². The topological polar surface area (TPSA) is 78.3 Å². The van der Waals surface area contributed by atoms with E-state index in [1.54, 1.807) is 42.1 Å². The average molecular weight is 463 g/mol. The number of methoxy groups -OCH3 is 2. The molecule has 1 aromatic heterocycles. The SMILES string of the molecule is COc1ccc(OC)c(NC(=O)c2nc(-c3cccc(Cl)c3)n(-c3ccc(C)cc3C)n2)c1. The van der Waals surface area contributed by atoms with Gasteiger partial charge in [0.25, 0.3) is 5.91 Å². The Balaban J connectivity index is 1.79. The molecule has 8 heteroatoms. The first-order chi connectivity index (χ1) is 15.9. The van der Waals surface area contributed by atoms with Gasteiger partial charge in [-0.3, -0.25) is 4.79 Å². The van der Waals surface area contributed by atoms with Crippen LogP contribution in [0.15, 0.2) is 60.7 Å². The van der Waals surface area contributed by atoms with Crippen molar-refractivity contribution in [3.63, 3.8) is 0 Å². The van der Waals surface area contributed by atoms with E-state index >= 15 is 0 Å². The van der Waals surface area contributed by atoms with Gasteiger partial charge >= 0.3 is 0 Å². The van der Waals surface area contributed by atoms with E-state index in [-0.39, 0.29) is 5.82 Å². The molecule has 3 aromatic carbocycles. The molecule has 4 rings (SSSR count). The fraction of sp³-hybridized carbons (Fsp3) is 0.160. The van der Waals surface area contributed by atoms with Gasteiger partial charge in [0.1, 0.15) is 11.5 Å². The predicted octanol–water partition coefficient (Wildman–Crippen LogP) is 5.47. The lowest BCUT2D eigenvalue weighted by atomic mass is 10.1. The number of nitrogens with one attached hydrogen (secondary N) is 1. The Hall–Kier alpha value is -3.84. The summed E-state index contributed by atoms with van der Waals surface area (Å²) in [5, 5.41) is 7.94. The lowest BCUT2D eigenvalue weighted by Gasteiger charge is -2.10. The highest BCUT2D eigenvalue weighted by molar-refractivity contribution is 6.30. The molecule has 0 aliphatic carbocycles. The van der Waals surface area contributed by atoms with Crippen molar-refractivity contribution in [1.29, 1.82) is 0 Å². The minimum atomic E-state index is -0.478. The highest BCUT2D eigenvalue weighted by Gasteiger charge is 2.21. The number of amides is 1. The largest absolute Gasteiger partial charge is 0.497 e. The van der Waals surface area contributed by atoms with E-state index in [1.165, 1.54) is 7.11 Å². The second-order valence-corrected chi connectivity index (χ2v) is 7.93. The third kappa shape index (κ3) is 4.68. The van der Waals surface area contributed by atoms with Crippen molar-refractivity contribution in [2.24, 2.45) is 0 Å². The smallest absolute Gasteiger partial charge is 0.295 e. The van der Waals surface area contributed by atoms with Crippen molar-refractivity contribution in [3.05, 3.63) is 82.6 Å². The Kier molecular flexibility index (Phi) is 6.33. The standard InChI is InChI=1S/C25H23ClN4O3/c1-15-8-10-21(16(2)12-15)30-24(17-6-5-7-18(26)13-17)28-23(29-30)25(31)27-20-14-19(32-3)9-11-22(20)33-4/h5-14H,1-4H3,(H,27,31). The number of anilines is 1. The number of hydrogen-bond donors (Lipinski definition) is 1. The summed E-state index contributed by atoms with van der Waals surface area (Å²) in [5.41, 5.74) is 4.15.